The second-order valence-electron chi connectivity index (χ2n) is 5.78. The molecule has 1 aromatic carbocycles. The summed E-state index contributed by atoms with van der Waals surface area (Å²) in [7, 11) is 0. The fourth-order valence-corrected chi connectivity index (χ4v) is 3.51. The summed E-state index contributed by atoms with van der Waals surface area (Å²) in [6.07, 6.45) is 4.39. The van der Waals surface area contributed by atoms with Gasteiger partial charge in [-0.3, -0.25) is 4.79 Å². The molecule has 6 heteroatoms. The van der Waals surface area contributed by atoms with Crippen LogP contribution in [0.2, 0.25) is 0 Å². The van der Waals surface area contributed by atoms with Crippen molar-refractivity contribution in [2.45, 2.75) is 42.1 Å². The summed E-state index contributed by atoms with van der Waals surface area (Å²) in [5, 5.41) is 2.93. The molecule has 0 aliphatic carbocycles. The lowest BCUT2D eigenvalue weighted by Gasteiger charge is -2.32. The molecule has 1 aliphatic rings. The maximum atomic E-state index is 12.3. The number of likely N-dealkylation sites (tertiary alicyclic amines) is 1. The zero-order chi connectivity index (χ0) is 16.0. The predicted octanol–water partition coefficient (Wildman–Crippen LogP) is 2.50. The molecule has 2 rings (SSSR count). The average molecular weight is 365 g/mol. The van der Waals surface area contributed by atoms with Crippen LogP contribution < -0.4 is 10.2 Å². The van der Waals surface area contributed by atoms with E-state index in [4.69, 9.17) is 34.8 Å². The van der Waals surface area contributed by atoms with Gasteiger partial charge in [0.05, 0.1) is 19.5 Å². The Bertz CT molecular complexity index is 468. The van der Waals surface area contributed by atoms with Gasteiger partial charge in [-0.2, -0.15) is 0 Å². The molecule has 3 nitrogen and oxygen atoms in total. The molecule has 0 saturated carbocycles. The Kier molecular flexibility index (Phi) is 6.82. The van der Waals surface area contributed by atoms with Gasteiger partial charge in [0.2, 0.25) is 12.1 Å². The van der Waals surface area contributed by atoms with E-state index in [0.717, 1.165) is 36.4 Å². The minimum absolute atomic E-state index is 0.112. The topological polar surface area (TPSA) is 33.5 Å². The van der Waals surface area contributed by atoms with Crippen molar-refractivity contribution >= 4 is 40.7 Å². The van der Waals surface area contributed by atoms with Crippen LogP contribution in [0, 0.1) is 0 Å². The molecule has 1 amide bonds. The van der Waals surface area contributed by atoms with E-state index in [9.17, 15) is 4.79 Å². The normalized spacial score (nSPS) is 18.5. The van der Waals surface area contributed by atoms with E-state index in [0.29, 0.717) is 6.42 Å². The summed E-state index contributed by atoms with van der Waals surface area (Å²) in [6, 6.07) is 9.59. The van der Waals surface area contributed by atoms with Gasteiger partial charge in [0.1, 0.15) is 0 Å². The summed E-state index contributed by atoms with van der Waals surface area (Å²) in [6.45, 7) is 1.84. The summed E-state index contributed by atoms with van der Waals surface area (Å²) in [4.78, 5) is 13.4. The van der Waals surface area contributed by atoms with Gasteiger partial charge in [-0.15, -0.1) is 0 Å². The number of quaternary nitrogens is 1. The van der Waals surface area contributed by atoms with E-state index in [-0.39, 0.29) is 5.91 Å². The number of nitrogens with one attached hydrogen (secondary N) is 2. The Labute approximate surface area is 146 Å². The molecule has 0 unspecified atom stereocenters. The fraction of sp³-hybridized carbons (Fsp3) is 0.562. The minimum Gasteiger partial charge on any atom is -0.312 e. The molecule has 1 heterocycles. The predicted molar refractivity (Wildman–Crippen MR) is 91.5 cm³/mol. The van der Waals surface area contributed by atoms with Crippen molar-refractivity contribution < 1.29 is 9.69 Å². The molecular weight excluding hydrogens is 343 g/mol. The summed E-state index contributed by atoms with van der Waals surface area (Å²) < 4.78 is -1.51. The summed E-state index contributed by atoms with van der Waals surface area (Å²) in [5.74, 6) is -0.112. The van der Waals surface area contributed by atoms with Crippen LogP contribution in [0.5, 0.6) is 0 Å². The molecule has 1 aromatic rings. The third-order valence-corrected chi connectivity index (χ3v) is 4.65. The van der Waals surface area contributed by atoms with Crippen LogP contribution >= 0.6 is 34.8 Å². The van der Waals surface area contributed by atoms with Crippen LogP contribution in [-0.2, 0) is 11.2 Å². The SMILES string of the molecule is O=C(Cc1ccccc1)N[C@H]([NH+]1CCCCCC1)C(Cl)(Cl)Cl. The summed E-state index contributed by atoms with van der Waals surface area (Å²) in [5.41, 5.74) is 0.953. The first-order chi connectivity index (χ1) is 10.5. The van der Waals surface area contributed by atoms with E-state index >= 15 is 0 Å². The van der Waals surface area contributed by atoms with Crippen LogP contribution in [0.15, 0.2) is 30.3 Å². The van der Waals surface area contributed by atoms with Crippen molar-refractivity contribution in [2.24, 2.45) is 0 Å². The Balaban J connectivity index is 2.01. The molecule has 0 spiro atoms. The van der Waals surface area contributed by atoms with Gasteiger partial charge in [-0.1, -0.05) is 65.1 Å². The maximum absolute atomic E-state index is 12.3. The molecule has 0 aromatic heterocycles. The Morgan fingerprint density at radius 3 is 2.23 bits per heavy atom. The highest BCUT2D eigenvalue weighted by atomic mass is 35.6. The second kappa shape index (κ2) is 8.39. The number of hydrogen-bond donors (Lipinski definition) is 2. The van der Waals surface area contributed by atoms with Gasteiger partial charge in [0.25, 0.3) is 3.79 Å². The molecule has 122 valence electrons. The third kappa shape index (κ3) is 5.62. The van der Waals surface area contributed by atoms with E-state index in [1.54, 1.807) is 0 Å². The van der Waals surface area contributed by atoms with Crippen LogP contribution in [0.3, 0.4) is 0 Å². The number of hydrogen-bond acceptors (Lipinski definition) is 1. The van der Waals surface area contributed by atoms with E-state index < -0.39 is 9.96 Å². The van der Waals surface area contributed by atoms with Gasteiger partial charge >= 0.3 is 0 Å². The molecular formula is C16H22Cl3N2O+. The quantitative estimate of drug-likeness (QED) is 0.791. The zero-order valence-corrected chi connectivity index (χ0v) is 14.7. The number of alkyl halides is 3. The van der Waals surface area contributed by atoms with Crippen LogP contribution in [0.4, 0.5) is 0 Å². The first-order valence-corrected chi connectivity index (χ1v) is 8.85. The fourth-order valence-electron chi connectivity index (χ4n) is 2.88. The lowest BCUT2D eigenvalue weighted by atomic mass is 10.1. The second-order valence-corrected chi connectivity index (χ2v) is 8.15. The molecule has 1 fully saturated rings. The molecule has 0 bridgehead atoms. The van der Waals surface area contributed by atoms with Crippen molar-refractivity contribution in [2.75, 3.05) is 13.1 Å². The van der Waals surface area contributed by atoms with E-state index in [1.165, 1.54) is 12.8 Å². The number of carbonyl (C=O) groups excluding carboxylic acids is 1. The average Bonchev–Trinajstić information content (AvgIpc) is 2.73. The minimum atomic E-state index is -1.51. The smallest absolute Gasteiger partial charge is 0.262 e. The van der Waals surface area contributed by atoms with Crippen molar-refractivity contribution in [3.63, 3.8) is 0 Å². The standard InChI is InChI=1S/C16H21Cl3N2O/c17-16(18,19)15(21-10-6-1-2-7-11-21)20-14(22)12-13-8-4-3-5-9-13/h3-5,8-9,15H,1-2,6-7,10-12H2,(H,20,22)/p+1/t15-/m1/s1. The highest BCUT2D eigenvalue weighted by Gasteiger charge is 2.42. The highest BCUT2D eigenvalue weighted by molar-refractivity contribution is 6.68. The molecule has 1 aliphatic heterocycles. The Morgan fingerprint density at radius 1 is 1.09 bits per heavy atom. The van der Waals surface area contributed by atoms with Gasteiger partial charge in [-0.05, 0) is 31.2 Å². The molecule has 22 heavy (non-hydrogen) atoms. The lowest BCUT2D eigenvalue weighted by molar-refractivity contribution is -0.926. The highest BCUT2D eigenvalue weighted by Crippen LogP contribution is 2.28. The largest absolute Gasteiger partial charge is 0.312 e. The molecule has 2 N–H and O–H groups in total. The number of benzene rings is 1. The zero-order valence-electron chi connectivity index (χ0n) is 12.5. The van der Waals surface area contributed by atoms with Gasteiger partial charge in [0.15, 0.2) is 0 Å². The van der Waals surface area contributed by atoms with Crippen LogP contribution in [-0.4, -0.2) is 29.0 Å². The molecule has 1 atom stereocenters. The van der Waals surface area contributed by atoms with Gasteiger partial charge in [-0.25, -0.2) is 0 Å². The summed E-state index contributed by atoms with van der Waals surface area (Å²) >= 11 is 18.4. The first-order valence-electron chi connectivity index (χ1n) is 7.71. The van der Waals surface area contributed by atoms with Crippen molar-refractivity contribution in [3.8, 4) is 0 Å². The van der Waals surface area contributed by atoms with Gasteiger partial charge < -0.3 is 10.2 Å². The van der Waals surface area contributed by atoms with Crippen molar-refractivity contribution in [3.05, 3.63) is 35.9 Å². The number of carbonyl (C=O) groups is 1. The number of amides is 1. The van der Waals surface area contributed by atoms with Crippen molar-refractivity contribution in [1.29, 1.82) is 0 Å². The maximum Gasteiger partial charge on any atom is 0.262 e. The number of rotatable bonds is 4. The monoisotopic (exact) mass is 363 g/mol. The van der Waals surface area contributed by atoms with Crippen LogP contribution in [0.25, 0.3) is 0 Å². The molecule has 1 saturated heterocycles. The van der Waals surface area contributed by atoms with E-state index in [1.807, 2.05) is 30.3 Å². The molecule has 0 radical (unpaired) electrons. The van der Waals surface area contributed by atoms with Gasteiger partial charge in [0, 0.05) is 0 Å². The Morgan fingerprint density at radius 2 is 1.68 bits per heavy atom. The van der Waals surface area contributed by atoms with Crippen LogP contribution in [0.1, 0.15) is 31.2 Å². The lowest BCUT2D eigenvalue weighted by Crippen LogP contribution is -3.19. The number of halogens is 3. The first kappa shape index (κ1) is 17.9. The Hall–Kier alpha value is -0.480. The third-order valence-electron chi connectivity index (χ3n) is 3.99. The van der Waals surface area contributed by atoms with Crippen molar-refractivity contribution in [1.82, 2.24) is 5.32 Å². The van der Waals surface area contributed by atoms with E-state index in [2.05, 4.69) is 5.32 Å².